The van der Waals surface area contributed by atoms with Crippen molar-refractivity contribution in [2.75, 3.05) is 19.0 Å². The van der Waals surface area contributed by atoms with Crippen LogP contribution in [0.2, 0.25) is 0 Å². The number of sulfonamides is 1. The van der Waals surface area contributed by atoms with E-state index in [4.69, 9.17) is 9.88 Å². The van der Waals surface area contributed by atoms with E-state index in [9.17, 15) is 8.42 Å². The van der Waals surface area contributed by atoms with Gasteiger partial charge < -0.3 is 4.74 Å². The van der Waals surface area contributed by atoms with Gasteiger partial charge in [0.15, 0.2) is 0 Å². The SMILES string of the molecule is CC(C)COCCCS(N)(=O)=O. The Morgan fingerprint density at radius 2 is 2.00 bits per heavy atom. The first-order valence-electron chi connectivity index (χ1n) is 4.00. The molecule has 0 spiro atoms. The van der Waals surface area contributed by atoms with Crippen LogP contribution in [0.5, 0.6) is 0 Å². The molecule has 0 aromatic carbocycles. The lowest BCUT2D eigenvalue weighted by molar-refractivity contribution is 0.111. The molecule has 0 unspecified atom stereocenters. The quantitative estimate of drug-likeness (QED) is 0.621. The number of primary sulfonamides is 1. The minimum Gasteiger partial charge on any atom is -0.381 e. The number of nitrogens with two attached hydrogens (primary N) is 1. The Labute approximate surface area is 74.1 Å². The molecule has 0 aliphatic carbocycles. The van der Waals surface area contributed by atoms with E-state index in [-0.39, 0.29) is 5.75 Å². The predicted octanol–water partition coefficient (Wildman–Crippen LogP) is 0.338. The summed E-state index contributed by atoms with van der Waals surface area (Å²) in [5.41, 5.74) is 0. The highest BCUT2D eigenvalue weighted by molar-refractivity contribution is 7.89. The molecule has 74 valence electrons. The largest absolute Gasteiger partial charge is 0.381 e. The molecule has 0 saturated heterocycles. The molecular weight excluding hydrogens is 178 g/mol. The molecule has 0 aromatic rings. The fourth-order valence-corrected chi connectivity index (χ4v) is 1.20. The summed E-state index contributed by atoms with van der Waals surface area (Å²) in [4.78, 5) is 0. The molecule has 5 heteroatoms. The summed E-state index contributed by atoms with van der Waals surface area (Å²) >= 11 is 0. The first-order chi connectivity index (χ1) is 5.42. The summed E-state index contributed by atoms with van der Waals surface area (Å²) in [6, 6.07) is 0. The van der Waals surface area contributed by atoms with Crippen LogP contribution in [-0.2, 0) is 14.8 Å². The molecular formula is C7H17NO3S. The smallest absolute Gasteiger partial charge is 0.209 e. The Morgan fingerprint density at radius 1 is 1.42 bits per heavy atom. The van der Waals surface area contributed by atoms with Crippen LogP contribution in [-0.4, -0.2) is 27.4 Å². The minimum absolute atomic E-state index is 0.00505. The molecule has 2 N–H and O–H groups in total. The highest BCUT2D eigenvalue weighted by Crippen LogP contribution is 1.94. The van der Waals surface area contributed by atoms with Crippen molar-refractivity contribution >= 4 is 10.0 Å². The van der Waals surface area contributed by atoms with E-state index in [1.165, 1.54) is 0 Å². The van der Waals surface area contributed by atoms with E-state index < -0.39 is 10.0 Å². The van der Waals surface area contributed by atoms with E-state index >= 15 is 0 Å². The Hall–Kier alpha value is -0.130. The Morgan fingerprint density at radius 3 is 2.42 bits per heavy atom. The number of rotatable bonds is 6. The molecule has 0 atom stereocenters. The third-order valence-corrected chi connectivity index (χ3v) is 2.03. The Bertz CT molecular complexity index is 199. The van der Waals surface area contributed by atoms with Crippen LogP contribution in [0.3, 0.4) is 0 Å². The van der Waals surface area contributed by atoms with Gasteiger partial charge in [0.05, 0.1) is 5.75 Å². The summed E-state index contributed by atoms with van der Waals surface area (Å²) in [5.74, 6) is 0.491. The second kappa shape index (κ2) is 5.50. The monoisotopic (exact) mass is 195 g/mol. The minimum atomic E-state index is -3.30. The van der Waals surface area contributed by atoms with Crippen molar-refractivity contribution < 1.29 is 13.2 Å². The zero-order valence-corrected chi connectivity index (χ0v) is 8.43. The topological polar surface area (TPSA) is 69.4 Å². The third kappa shape index (κ3) is 9.87. The molecule has 12 heavy (non-hydrogen) atoms. The second-order valence-corrected chi connectivity index (χ2v) is 4.92. The number of hydrogen-bond acceptors (Lipinski definition) is 3. The van der Waals surface area contributed by atoms with Crippen LogP contribution < -0.4 is 5.14 Å². The van der Waals surface area contributed by atoms with Crippen molar-refractivity contribution in [1.82, 2.24) is 0 Å². The second-order valence-electron chi connectivity index (χ2n) is 3.19. The van der Waals surface area contributed by atoms with E-state index in [2.05, 4.69) is 0 Å². The van der Waals surface area contributed by atoms with Crippen LogP contribution in [0, 0.1) is 5.92 Å². The summed E-state index contributed by atoms with van der Waals surface area (Å²) in [6.07, 6.45) is 0.478. The molecule has 0 radical (unpaired) electrons. The molecule has 0 aliphatic rings. The normalized spacial score (nSPS) is 12.3. The van der Waals surface area contributed by atoms with Crippen LogP contribution in [0.1, 0.15) is 20.3 Å². The molecule has 0 rings (SSSR count). The van der Waals surface area contributed by atoms with Gasteiger partial charge in [0.1, 0.15) is 0 Å². The first-order valence-corrected chi connectivity index (χ1v) is 5.71. The van der Waals surface area contributed by atoms with Crippen LogP contribution in [0.25, 0.3) is 0 Å². The van der Waals surface area contributed by atoms with Crippen LogP contribution in [0.15, 0.2) is 0 Å². The highest BCUT2D eigenvalue weighted by Gasteiger charge is 2.01. The lowest BCUT2D eigenvalue weighted by atomic mass is 10.2. The summed E-state index contributed by atoms with van der Waals surface area (Å²) in [5, 5.41) is 4.79. The maximum Gasteiger partial charge on any atom is 0.209 e. The van der Waals surface area contributed by atoms with Gasteiger partial charge in [-0.15, -0.1) is 0 Å². The van der Waals surface area contributed by atoms with Gasteiger partial charge in [-0.2, -0.15) is 0 Å². The molecule has 0 amide bonds. The van der Waals surface area contributed by atoms with Crippen molar-refractivity contribution in [3.63, 3.8) is 0 Å². The molecule has 0 fully saturated rings. The standard InChI is InChI=1S/C7H17NO3S/c1-7(2)6-11-4-3-5-12(8,9)10/h7H,3-6H2,1-2H3,(H2,8,9,10). The van der Waals surface area contributed by atoms with Crippen LogP contribution in [0.4, 0.5) is 0 Å². The van der Waals surface area contributed by atoms with Crippen molar-refractivity contribution in [3.8, 4) is 0 Å². The third-order valence-electron chi connectivity index (χ3n) is 1.17. The van der Waals surface area contributed by atoms with E-state index in [1.807, 2.05) is 13.8 Å². The van der Waals surface area contributed by atoms with E-state index in [1.54, 1.807) is 0 Å². The first kappa shape index (κ1) is 11.9. The summed E-state index contributed by atoms with van der Waals surface area (Å²) < 4.78 is 26.1. The van der Waals surface area contributed by atoms with Gasteiger partial charge in [0.2, 0.25) is 10.0 Å². The number of ether oxygens (including phenoxy) is 1. The lowest BCUT2D eigenvalue weighted by Crippen LogP contribution is -2.18. The van der Waals surface area contributed by atoms with Crippen molar-refractivity contribution in [1.29, 1.82) is 0 Å². The van der Waals surface area contributed by atoms with Crippen LogP contribution >= 0.6 is 0 Å². The maximum absolute atomic E-state index is 10.5. The molecule has 4 nitrogen and oxygen atoms in total. The van der Waals surface area contributed by atoms with E-state index in [0.717, 1.165) is 0 Å². The summed E-state index contributed by atoms with van der Waals surface area (Å²) in [6.45, 7) is 5.22. The van der Waals surface area contributed by atoms with Gasteiger partial charge in [0.25, 0.3) is 0 Å². The van der Waals surface area contributed by atoms with Crippen molar-refractivity contribution in [2.24, 2.45) is 11.1 Å². The van der Waals surface area contributed by atoms with Gasteiger partial charge in [-0.1, -0.05) is 13.8 Å². The summed E-state index contributed by atoms with van der Waals surface area (Å²) in [7, 11) is -3.30. The average molecular weight is 195 g/mol. The Balaban J connectivity index is 3.23. The van der Waals surface area contributed by atoms with Gasteiger partial charge in [0, 0.05) is 13.2 Å². The molecule has 0 saturated carbocycles. The average Bonchev–Trinajstić information content (AvgIpc) is 1.83. The number of hydrogen-bond donors (Lipinski definition) is 1. The van der Waals surface area contributed by atoms with Crippen molar-refractivity contribution in [2.45, 2.75) is 20.3 Å². The maximum atomic E-state index is 10.5. The lowest BCUT2D eigenvalue weighted by Gasteiger charge is -2.05. The fourth-order valence-electron chi connectivity index (χ4n) is 0.681. The van der Waals surface area contributed by atoms with Gasteiger partial charge >= 0.3 is 0 Å². The highest BCUT2D eigenvalue weighted by atomic mass is 32.2. The molecule has 0 aromatic heterocycles. The Kier molecular flexibility index (Phi) is 5.44. The fraction of sp³-hybridized carbons (Fsp3) is 1.00. The molecule has 0 heterocycles. The zero-order chi connectivity index (χ0) is 9.61. The molecule has 0 aliphatic heterocycles. The zero-order valence-electron chi connectivity index (χ0n) is 7.62. The van der Waals surface area contributed by atoms with E-state index in [0.29, 0.717) is 25.6 Å². The van der Waals surface area contributed by atoms with Gasteiger partial charge in [-0.25, -0.2) is 13.6 Å². The van der Waals surface area contributed by atoms with Gasteiger partial charge in [-0.3, -0.25) is 0 Å². The van der Waals surface area contributed by atoms with Crippen molar-refractivity contribution in [3.05, 3.63) is 0 Å². The van der Waals surface area contributed by atoms with Gasteiger partial charge in [-0.05, 0) is 12.3 Å². The predicted molar refractivity (Wildman–Crippen MR) is 48.2 cm³/mol. The molecule has 0 bridgehead atoms.